The van der Waals surface area contributed by atoms with Crippen LogP contribution in [-0.2, 0) is 9.59 Å². The third kappa shape index (κ3) is 4.14. The monoisotopic (exact) mass is 481 g/mol. The van der Waals surface area contributed by atoms with Crippen molar-refractivity contribution in [2.24, 2.45) is 0 Å². The molecule has 3 rings (SSSR count). The second-order valence-corrected chi connectivity index (χ2v) is 7.97. The Balaban J connectivity index is 2.27. The Labute approximate surface area is 195 Å². The van der Waals surface area contributed by atoms with Crippen molar-refractivity contribution >= 4 is 40.7 Å². The molecule has 0 bridgehead atoms. The van der Waals surface area contributed by atoms with Crippen molar-refractivity contribution in [2.75, 3.05) is 20.8 Å². The topological polar surface area (TPSA) is 76.1 Å². The molecule has 0 aliphatic carbocycles. The molecule has 1 amide bonds. The van der Waals surface area contributed by atoms with Crippen LogP contribution in [0, 0.1) is 5.82 Å². The number of aliphatic hydroxyl groups is 1. The molecule has 1 aliphatic heterocycles. The maximum absolute atomic E-state index is 13.5. The number of unbranched alkanes of at least 4 members (excludes halogenated alkanes) is 1. The maximum Gasteiger partial charge on any atom is 0.295 e. The Morgan fingerprint density at radius 3 is 2.31 bits per heavy atom. The first-order valence-corrected chi connectivity index (χ1v) is 10.7. The van der Waals surface area contributed by atoms with Crippen molar-refractivity contribution in [3.05, 3.63) is 62.9 Å². The van der Waals surface area contributed by atoms with E-state index in [2.05, 4.69) is 0 Å². The molecule has 0 saturated carbocycles. The van der Waals surface area contributed by atoms with Gasteiger partial charge >= 0.3 is 0 Å². The maximum atomic E-state index is 13.5. The smallest absolute Gasteiger partial charge is 0.295 e. The second kappa shape index (κ2) is 9.79. The third-order valence-electron chi connectivity index (χ3n) is 5.27. The number of carbonyl (C=O) groups is 2. The minimum atomic E-state index is -0.911. The average molecular weight is 482 g/mol. The van der Waals surface area contributed by atoms with E-state index in [0.29, 0.717) is 18.5 Å². The number of carbonyl (C=O) groups excluding carboxylic acids is 2. The number of nitrogens with zero attached hydrogens (tertiary/aromatic N) is 1. The summed E-state index contributed by atoms with van der Waals surface area (Å²) in [5.41, 5.74) is 0.352. The van der Waals surface area contributed by atoms with Gasteiger partial charge in [0.1, 0.15) is 16.6 Å². The molecule has 32 heavy (non-hydrogen) atoms. The highest BCUT2D eigenvalue weighted by atomic mass is 35.5. The quantitative estimate of drug-likeness (QED) is 0.326. The average Bonchev–Trinajstić information content (AvgIpc) is 3.02. The number of rotatable bonds is 7. The van der Waals surface area contributed by atoms with Gasteiger partial charge in [-0.15, -0.1) is 0 Å². The normalized spacial score (nSPS) is 17.7. The molecule has 9 heteroatoms. The van der Waals surface area contributed by atoms with Crippen LogP contribution in [-0.4, -0.2) is 42.5 Å². The number of aliphatic hydroxyl groups excluding tert-OH is 1. The van der Waals surface area contributed by atoms with Crippen LogP contribution >= 0.6 is 23.2 Å². The Morgan fingerprint density at radius 1 is 1.12 bits per heavy atom. The fourth-order valence-electron chi connectivity index (χ4n) is 3.72. The van der Waals surface area contributed by atoms with E-state index >= 15 is 0 Å². The van der Waals surface area contributed by atoms with Crippen LogP contribution in [0.3, 0.4) is 0 Å². The van der Waals surface area contributed by atoms with E-state index in [1.54, 1.807) is 0 Å². The van der Waals surface area contributed by atoms with Gasteiger partial charge in [0.25, 0.3) is 11.7 Å². The van der Waals surface area contributed by atoms with Gasteiger partial charge in [0, 0.05) is 6.54 Å². The summed E-state index contributed by atoms with van der Waals surface area (Å²) in [5, 5.41) is 11.3. The molecule has 6 nitrogen and oxygen atoms in total. The van der Waals surface area contributed by atoms with Crippen LogP contribution in [0.25, 0.3) is 5.76 Å². The Kier molecular flexibility index (Phi) is 7.31. The largest absolute Gasteiger partial charge is 0.507 e. The molecule has 1 aliphatic rings. The SMILES string of the molecule is CCCCN1C(=O)C(=O)/C(=C(/O)c2cc(Cl)c(OC)c(Cl)c2OC)C1c1ccc(F)cc1. The van der Waals surface area contributed by atoms with E-state index in [0.717, 1.165) is 6.42 Å². The highest BCUT2D eigenvalue weighted by molar-refractivity contribution is 6.47. The summed E-state index contributed by atoms with van der Waals surface area (Å²) in [5.74, 6) is -2.41. The summed E-state index contributed by atoms with van der Waals surface area (Å²) in [6.45, 7) is 2.25. The van der Waals surface area contributed by atoms with Gasteiger partial charge in [0.2, 0.25) is 0 Å². The number of likely N-dealkylation sites (tertiary alicyclic amines) is 1. The first-order chi connectivity index (χ1) is 15.3. The number of hydrogen-bond acceptors (Lipinski definition) is 5. The molecule has 1 saturated heterocycles. The summed E-state index contributed by atoms with van der Waals surface area (Å²) < 4.78 is 24.1. The second-order valence-electron chi connectivity index (χ2n) is 7.18. The van der Waals surface area contributed by atoms with Gasteiger partial charge in [-0.3, -0.25) is 9.59 Å². The van der Waals surface area contributed by atoms with Crippen LogP contribution in [0.2, 0.25) is 10.0 Å². The molecule has 0 radical (unpaired) electrons. The third-order valence-corrected chi connectivity index (χ3v) is 5.90. The summed E-state index contributed by atoms with van der Waals surface area (Å²) in [6.07, 6.45) is 1.44. The molecule has 1 atom stereocenters. The Bertz CT molecular complexity index is 1080. The number of hydrogen-bond donors (Lipinski definition) is 1. The number of benzene rings is 2. The fourth-order valence-corrected chi connectivity index (χ4v) is 4.41. The van der Waals surface area contributed by atoms with Crippen LogP contribution in [0.1, 0.15) is 36.9 Å². The molecular weight excluding hydrogens is 460 g/mol. The van der Waals surface area contributed by atoms with Crippen molar-refractivity contribution < 1.29 is 28.6 Å². The highest BCUT2D eigenvalue weighted by Crippen LogP contribution is 2.47. The molecule has 0 spiro atoms. The fraction of sp³-hybridized carbons (Fsp3) is 0.304. The van der Waals surface area contributed by atoms with Crippen molar-refractivity contribution in [1.82, 2.24) is 4.90 Å². The summed E-state index contributed by atoms with van der Waals surface area (Å²) in [4.78, 5) is 27.3. The predicted octanol–water partition coefficient (Wildman–Crippen LogP) is 5.37. The zero-order valence-corrected chi connectivity index (χ0v) is 19.3. The van der Waals surface area contributed by atoms with Gasteiger partial charge in [-0.25, -0.2) is 4.39 Å². The van der Waals surface area contributed by atoms with Crippen LogP contribution < -0.4 is 9.47 Å². The molecule has 170 valence electrons. The van der Waals surface area contributed by atoms with Gasteiger partial charge in [0.15, 0.2) is 11.5 Å². The predicted molar refractivity (Wildman–Crippen MR) is 120 cm³/mol. The van der Waals surface area contributed by atoms with E-state index in [9.17, 15) is 19.1 Å². The van der Waals surface area contributed by atoms with Gasteiger partial charge in [-0.05, 0) is 30.2 Å². The van der Waals surface area contributed by atoms with Crippen LogP contribution in [0.5, 0.6) is 11.5 Å². The lowest BCUT2D eigenvalue weighted by atomic mass is 9.94. The Hall–Kier alpha value is -2.77. The van der Waals surface area contributed by atoms with E-state index < -0.39 is 29.3 Å². The molecule has 1 unspecified atom stereocenters. The van der Waals surface area contributed by atoms with E-state index in [-0.39, 0.29) is 32.7 Å². The number of ether oxygens (including phenoxy) is 2. The van der Waals surface area contributed by atoms with E-state index in [1.165, 1.54) is 49.5 Å². The van der Waals surface area contributed by atoms with Crippen LogP contribution in [0.4, 0.5) is 4.39 Å². The van der Waals surface area contributed by atoms with Gasteiger partial charge in [0.05, 0.1) is 36.4 Å². The van der Waals surface area contributed by atoms with Gasteiger partial charge < -0.3 is 19.5 Å². The first-order valence-electron chi connectivity index (χ1n) is 9.90. The molecule has 2 aromatic carbocycles. The molecule has 1 N–H and O–H groups in total. The molecule has 1 fully saturated rings. The van der Waals surface area contributed by atoms with Gasteiger partial charge in [-0.2, -0.15) is 0 Å². The van der Waals surface area contributed by atoms with E-state index in [1.807, 2.05) is 6.92 Å². The number of amides is 1. The lowest BCUT2D eigenvalue weighted by Crippen LogP contribution is -2.30. The standard InChI is InChI=1S/C23H22Cl2FNO5/c1-4-5-10-27-18(12-6-8-13(26)9-7-12)16(20(29)23(27)30)19(28)14-11-15(24)22(32-3)17(25)21(14)31-2/h6-9,11,18,28H,4-5,10H2,1-3H3/b19-16+. The zero-order valence-electron chi connectivity index (χ0n) is 17.7. The van der Waals surface area contributed by atoms with Crippen molar-refractivity contribution in [1.29, 1.82) is 0 Å². The Morgan fingerprint density at radius 2 is 1.75 bits per heavy atom. The summed E-state index contributed by atoms with van der Waals surface area (Å²) in [7, 11) is 2.71. The lowest BCUT2D eigenvalue weighted by Gasteiger charge is -2.25. The van der Waals surface area contributed by atoms with Crippen molar-refractivity contribution in [2.45, 2.75) is 25.8 Å². The van der Waals surface area contributed by atoms with Gasteiger partial charge in [-0.1, -0.05) is 48.7 Å². The van der Waals surface area contributed by atoms with Crippen LogP contribution in [0.15, 0.2) is 35.9 Å². The summed E-state index contributed by atoms with van der Waals surface area (Å²) in [6, 6.07) is 5.86. The molecule has 2 aromatic rings. The number of methoxy groups -OCH3 is 2. The van der Waals surface area contributed by atoms with E-state index in [4.69, 9.17) is 32.7 Å². The molecule has 1 heterocycles. The minimum absolute atomic E-state index is 0.00240. The zero-order chi connectivity index (χ0) is 23.6. The molecular formula is C23H22Cl2FNO5. The number of Topliss-reactive ketones (excluding diaryl/α,β-unsaturated/α-hetero) is 1. The minimum Gasteiger partial charge on any atom is -0.507 e. The number of halogens is 3. The lowest BCUT2D eigenvalue weighted by molar-refractivity contribution is -0.139. The molecule has 0 aromatic heterocycles. The first kappa shape index (κ1) is 23.9. The number of ketones is 1. The van der Waals surface area contributed by atoms with Crippen molar-refractivity contribution in [3.63, 3.8) is 0 Å². The summed E-state index contributed by atoms with van der Waals surface area (Å²) >= 11 is 12.6. The van der Waals surface area contributed by atoms with Crippen molar-refractivity contribution in [3.8, 4) is 11.5 Å². The highest BCUT2D eigenvalue weighted by Gasteiger charge is 2.46.